The minimum Gasteiger partial charge on any atom is -0.481 e. The second-order valence-electron chi connectivity index (χ2n) is 5.51. The first-order chi connectivity index (χ1) is 9.46. The SMILES string of the molecule is CC1(C(=O)O)CCN(C(=O)c2ccc(CO)cc2)CC1. The summed E-state index contributed by atoms with van der Waals surface area (Å²) in [6, 6.07) is 6.83. The number of carbonyl (C=O) groups excluding carboxylic acids is 1. The van der Waals surface area contributed by atoms with E-state index in [1.54, 1.807) is 36.1 Å². The smallest absolute Gasteiger partial charge is 0.309 e. The van der Waals surface area contributed by atoms with E-state index in [9.17, 15) is 9.59 Å². The highest BCUT2D eigenvalue weighted by atomic mass is 16.4. The highest BCUT2D eigenvalue weighted by Gasteiger charge is 2.38. The molecule has 1 fully saturated rings. The third-order valence-electron chi connectivity index (χ3n) is 4.05. The molecule has 0 spiro atoms. The summed E-state index contributed by atoms with van der Waals surface area (Å²) < 4.78 is 0. The Morgan fingerprint density at radius 2 is 1.75 bits per heavy atom. The summed E-state index contributed by atoms with van der Waals surface area (Å²) in [4.78, 5) is 25.2. The number of carbonyl (C=O) groups is 2. The molecule has 20 heavy (non-hydrogen) atoms. The molecule has 1 aromatic rings. The molecule has 0 bridgehead atoms. The largest absolute Gasteiger partial charge is 0.481 e. The van der Waals surface area contributed by atoms with Crippen LogP contribution in [0.15, 0.2) is 24.3 Å². The van der Waals surface area contributed by atoms with Gasteiger partial charge in [0.1, 0.15) is 0 Å². The zero-order valence-corrected chi connectivity index (χ0v) is 11.5. The van der Waals surface area contributed by atoms with Crippen LogP contribution in [0.4, 0.5) is 0 Å². The van der Waals surface area contributed by atoms with Crippen LogP contribution < -0.4 is 0 Å². The molecule has 1 aliphatic rings. The van der Waals surface area contributed by atoms with Gasteiger partial charge in [0.15, 0.2) is 0 Å². The van der Waals surface area contributed by atoms with Crippen LogP contribution in [0.3, 0.4) is 0 Å². The highest BCUT2D eigenvalue weighted by Crippen LogP contribution is 2.31. The van der Waals surface area contributed by atoms with E-state index in [4.69, 9.17) is 10.2 Å². The lowest BCUT2D eigenvalue weighted by Gasteiger charge is -2.36. The van der Waals surface area contributed by atoms with Crippen LogP contribution in [-0.2, 0) is 11.4 Å². The third-order valence-corrected chi connectivity index (χ3v) is 4.05. The molecular weight excluding hydrogens is 258 g/mol. The molecule has 0 atom stereocenters. The van der Waals surface area contributed by atoms with Gasteiger partial charge in [-0.3, -0.25) is 9.59 Å². The van der Waals surface area contributed by atoms with Crippen molar-refractivity contribution in [3.05, 3.63) is 35.4 Å². The summed E-state index contributed by atoms with van der Waals surface area (Å²) in [6.45, 7) is 2.61. The van der Waals surface area contributed by atoms with E-state index >= 15 is 0 Å². The number of aliphatic hydroxyl groups excluding tert-OH is 1. The van der Waals surface area contributed by atoms with Crippen molar-refractivity contribution in [3.8, 4) is 0 Å². The predicted octanol–water partition coefficient (Wildman–Crippen LogP) is 1.51. The summed E-state index contributed by atoms with van der Waals surface area (Å²) >= 11 is 0. The lowest BCUT2D eigenvalue weighted by atomic mass is 9.80. The maximum Gasteiger partial charge on any atom is 0.309 e. The number of aliphatic carboxylic acids is 1. The molecular formula is C15H19NO4. The van der Waals surface area contributed by atoms with Gasteiger partial charge in [0.2, 0.25) is 0 Å². The minimum absolute atomic E-state index is 0.0465. The average molecular weight is 277 g/mol. The van der Waals surface area contributed by atoms with E-state index in [0.717, 1.165) is 5.56 Å². The van der Waals surface area contributed by atoms with Gasteiger partial charge in [-0.15, -0.1) is 0 Å². The number of hydrogen-bond acceptors (Lipinski definition) is 3. The Hall–Kier alpha value is -1.88. The summed E-state index contributed by atoms with van der Waals surface area (Å²) in [6.07, 6.45) is 0.950. The number of benzene rings is 1. The number of likely N-dealkylation sites (tertiary alicyclic amines) is 1. The standard InChI is InChI=1S/C15H19NO4/c1-15(14(19)20)6-8-16(9-7-15)13(18)12-4-2-11(10-17)3-5-12/h2-5,17H,6-10H2,1H3,(H,19,20). The first-order valence-electron chi connectivity index (χ1n) is 6.69. The topological polar surface area (TPSA) is 77.8 Å². The molecule has 5 heteroatoms. The minimum atomic E-state index is -0.795. The summed E-state index contributed by atoms with van der Waals surface area (Å²) in [5.74, 6) is -0.876. The van der Waals surface area contributed by atoms with E-state index in [-0.39, 0.29) is 12.5 Å². The molecule has 1 aromatic carbocycles. The average Bonchev–Trinajstić information content (AvgIpc) is 2.47. The second-order valence-corrected chi connectivity index (χ2v) is 5.51. The van der Waals surface area contributed by atoms with E-state index < -0.39 is 11.4 Å². The van der Waals surface area contributed by atoms with Gasteiger partial charge in [-0.1, -0.05) is 12.1 Å². The number of piperidine rings is 1. The number of hydrogen-bond donors (Lipinski definition) is 2. The molecule has 108 valence electrons. The molecule has 1 saturated heterocycles. The van der Waals surface area contributed by atoms with Gasteiger partial charge in [-0.2, -0.15) is 0 Å². The van der Waals surface area contributed by atoms with Crippen LogP contribution >= 0.6 is 0 Å². The van der Waals surface area contributed by atoms with Crippen molar-refractivity contribution < 1.29 is 19.8 Å². The zero-order valence-electron chi connectivity index (χ0n) is 11.5. The number of amides is 1. The molecule has 0 radical (unpaired) electrons. The number of carboxylic acid groups (broad SMARTS) is 1. The van der Waals surface area contributed by atoms with Crippen LogP contribution in [0.25, 0.3) is 0 Å². The second kappa shape index (κ2) is 5.63. The molecule has 5 nitrogen and oxygen atoms in total. The van der Waals surface area contributed by atoms with Crippen molar-refractivity contribution in [3.63, 3.8) is 0 Å². The molecule has 0 saturated carbocycles. The van der Waals surface area contributed by atoms with Crippen LogP contribution in [0, 0.1) is 5.41 Å². The number of aliphatic hydroxyl groups is 1. The van der Waals surface area contributed by atoms with Crippen LogP contribution in [0.5, 0.6) is 0 Å². The molecule has 1 heterocycles. The zero-order chi connectivity index (χ0) is 14.8. The maximum absolute atomic E-state index is 12.3. The fourth-order valence-electron chi connectivity index (χ4n) is 2.35. The number of carboxylic acids is 1. The Morgan fingerprint density at radius 1 is 1.20 bits per heavy atom. The van der Waals surface area contributed by atoms with Gasteiger partial charge in [0.05, 0.1) is 12.0 Å². The lowest BCUT2D eigenvalue weighted by Crippen LogP contribution is -2.45. The monoisotopic (exact) mass is 277 g/mol. The maximum atomic E-state index is 12.3. The number of rotatable bonds is 3. The third kappa shape index (κ3) is 2.82. The van der Waals surface area contributed by atoms with Crippen molar-refractivity contribution in [1.82, 2.24) is 4.90 Å². The molecule has 1 aliphatic heterocycles. The first kappa shape index (κ1) is 14.5. The van der Waals surface area contributed by atoms with E-state index in [2.05, 4.69) is 0 Å². The molecule has 2 rings (SSSR count). The van der Waals surface area contributed by atoms with E-state index in [1.165, 1.54) is 0 Å². The summed E-state index contributed by atoms with van der Waals surface area (Å²) in [7, 11) is 0. The molecule has 1 amide bonds. The highest BCUT2D eigenvalue weighted by molar-refractivity contribution is 5.94. The molecule has 0 unspecified atom stereocenters. The van der Waals surface area contributed by atoms with E-state index in [0.29, 0.717) is 31.5 Å². The Balaban J connectivity index is 2.02. The Morgan fingerprint density at radius 3 is 2.20 bits per heavy atom. The van der Waals surface area contributed by atoms with Crippen molar-refractivity contribution in [2.24, 2.45) is 5.41 Å². The van der Waals surface area contributed by atoms with Gasteiger partial charge in [-0.25, -0.2) is 0 Å². The quantitative estimate of drug-likeness (QED) is 0.877. The Kier molecular flexibility index (Phi) is 4.09. The van der Waals surface area contributed by atoms with Crippen molar-refractivity contribution in [1.29, 1.82) is 0 Å². The van der Waals surface area contributed by atoms with Gasteiger partial charge < -0.3 is 15.1 Å². The van der Waals surface area contributed by atoms with Gasteiger partial charge in [0, 0.05) is 18.7 Å². The van der Waals surface area contributed by atoms with Gasteiger partial charge >= 0.3 is 5.97 Å². The molecule has 2 N–H and O–H groups in total. The molecule has 0 aromatic heterocycles. The number of nitrogens with zero attached hydrogens (tertiary/aromatic N) is 1. The summed E-state index contributed by atoms with van der Waals surface area (Å²) in [5, 5.41) is 18.1. The Bertz CT molecular complexity index is 501. The van der Waals surface area contributed by atoms with Gasteiger partial charge in [0.25, 0.3) is 5.91 Å². The van der Waals surface area contributed by atoms with Gasteiger partial charge in [-0.05, 0) is 37.5 Å². The van der Waals surface area contributed by atoms with Crippen LogP contribution in [-0.4, -0.2) is 40.1 Å². The molecule has 0 aliphatic carbocycles. The lowest BCUT2D eigenvalue weighted by molar-refractivity contribution is -0.150. The van der Waals surface area contributed by atoms with Crippen LogP contribution in [0.1, 0.15) is 35.7 Å². The predicted molar refractivity (Wildman–Crippen MR) is 73.2 cm³/mol. The van der Waals surface area contributed by atoms with Crippen LogP contribution in [0.2, 0.25) is 0 Å². The normalized spacial score (nSPS) is 17.8. The summed E-state index contributed by atoms with van der Waals surface area (Å²) in [5.41, 5.74) is 0.608. The van der Waals surface area contributed by atoms with Crippen molar-refractivity contribution in [2.75, 3.05) is 13.1 Å². The fourth-order valence-corrected chi connectivity index (χ4v) is 2.35. The van der Waals surface area contributed by atoms with E-state index in [1.807, 2.05) is 0 Å². The van der Waals surface area contributed by atoms with Crippen molar-refractivity contribution >= 4 is 11.9 Å². The first-order valence-corrected chi connectivity index (χ1v) is 6.69. The van der Waals surface area contributed by atoms with Crippen molar-refractivity contribution in [2.45, 2.75) is 26.4 Å². The fraction of sp³-hybridized carbons (Fsp3) is 0.467. The Labute approximate surface area is 117 Å².